The highest BCUT2D eigenvalue weighted by Crippen LogP contribution is 2.46. The van der Waals surface area contributed by atoms with Crippen LogP contribution in [-0.4, -0.2) is 18.5 Å². The van der Waals surface area contributed by atoms with E-state index in [0.29, 0.717) is 6.42 Å². The van der Waals surface area contributed by atoms with Crippen LogP contribution in [0.2, 0.25) is 0 Å². The van der Waals surface area contributed by atoms with Gasteiger partial charge >= 0.3 is 0 Å². The van der Waals surface area contributed by atoms with E-state index >= 15 is 0 Å². The van der Waals surface area contributed by atoms with Gasteiger partial charge in [-0.1, -0.05) is 6.42 Å². The van der Waals surface area contributed by atoms with Crippen LogP contribution < -0.4 is 5.32 Å². The van der Waals surface area contributed by atoms with Crippen molar-refractivity contribution in [1.29, 1.82) is 0 Å². The van der Waals surface area contributed by atoms with Crippen molar-refractivity contribution in [1.82, 2.24) is 5.32 Å². The second-order valence-corrected chi connectivity index (χ2v) is 3.95. The Labute approximate surface area is 71.5 Å². The van der Waals surface area contributed by atoms with Gasteiger partial charge in [0.15, 0.2) is 0 Å². The highest BCUT2D eigenvalue weighted by molar-refractivity contribution is 4.96. The maximum atomic E-state index is 13.4. The minimum absolute atomic E-state index is 0.312. The van der Waals surface area contributed by atoms with Crippen molar-refractivity contribution in [2.24, 2.45) is 5.92 Å². The molecule has 0 aromatic heterocycles. The molecule has 2 aliphatic rings. The molecule has 1 atom stereocenters. The summed E-state index contributed by atoms with van der Waals surface area (Å²) in [7, 11) is 0. The Morgan fingerprint density at radius 2 is 1.83 bits per heavy atom. The summed E-state index contributed by atoms with van der Waals surface area (Å²) in [5.41, 5.74) is 0. The minimum atomic E-state index is -2.43. The van der Waals surface area contributed by atoms with Crippen LogP contribution in [-0.2, 0) is 0 Å². The Hall–Kier alpha value is -0.180. The monoisotopic (exact) mass is 175 g/mol. The van der Waals surface area contributed by atoms with E-state index in [1.165, 1.54) is 0 Å². The average Bonchev–Trinajstić information content (AvgIpc) is 2.88. The predicted molar refractivity (Wildman–Crippen MR) is 43.3 cm³/mol. The Morgan fingerprint density at radius 3 is 2.33 bits per heavy atom. The molecule has 1 saturated heterocycles. The number of rotatable bonds is 2. The molecule has 3 heteroatoms. The lowest BCUT2D eigenvalue weighted by atomic mass is 9.96. The third-order valence-corrected chi connectivity index (χ3v) is 2.90. The predicted octanol–water partition coefficient (Wildman–Crippen LogP) is 2.17. The number of hydrogen-bond donors (Lipinski definition) is 1. The van der Waals surface area contributed by atoms with Crippen molar-refractivity contribution < 1.29 is 8.78 Å². The third kappa shape index (κ3) is 1.47. The van der Waals surface area contributed by atoms with Gasteiger partial charge in [-0.25, -0.2) is 8.78 Å². The second-order valence-electron chi connectivity index (χ2n) is 3.95. The number of nitrogens with one attached hydrogen (secondary N) is 1. The van der Waals surface area contributed by atoms with Crippen LogP contribution >= 0.6 is 0 Å². The van der Waals surface area contributed by atoms with Gasteiger partial charge in [-0.15, -0.1) is 0 Å². The molecule has 70 valence electrons. The lowest BCUT2D eigenvalue weighted by Crippen LogP contribution is -2.48. The van der Waals surface area contributed by atoms with Crippen molar-refractivity contribution >= 4 is 0 Å². The largest absolute Gasteiger partial charge is 0.309 e. The molecule has 0 amide bonds. The number of alkyl halides is 2. The molecule has 0 bridgehead atoms. The number of halogens is 2. The fourth-order valence-electron chi connectivity index (χ4n) is 1.93. The summed E-state index contributed by atoms with van der Waals surface area (Å²) in [6.45, 7) is 0.771. The van der Waals surface area contributed by atoms with Gasteiger partial charge in [-0.05, 0) is 32.2 Å². The summed E-state index contributed by atoms with van der Waals surface area (Å²) in [5, 5.41) is 2.93. The summed E-state index contributed by atoms with van der Waals surface area (Å²) >= 11 is 0. The molecule has 1 nitrogen and oxygen atoms in total. The van der Waals surface area contributed by atoms with Crippen molar-refractivity contribution in [3.63, 3.8) is 0 Å². The molecule has 2 fully saturated rings. The molecule has 0 radical (unpaired) electrons. The lowest BCUT2D eigenvalue weighted by molar-refractivity contribution is -0.0650. The molecule has 0 aromatic rings. The van der Waals surface area contributed by atoms with Crippen LogP contribution in [0.4, 0.5) is 8.78 Å². The van der Waals surface area contributed by atoms with Crippen molar-refractivity contribution in [3.8, 4) is 0 Å². The van der Waals surface area contributed by atoms with Gasteiger partial charge in [-0.2, -0.15) is 0 Å². The van der Waals surface area contributed by atoms with E-state index in [-0.39, 0.29) is 5.92 Å². The summed E-state index contributed by atoms with van der Waals surface area (Å²) < 4.78 is 26.9. The van der Waals surface area contributed by atoms with Gasteiger partial charge in [0.1, 0.15) is 0 Å². The minimum Gasteiger partial charge on any atom is -0.309 e. The molecular formula is C9H15F2N. The summed E-state index contributed by atoms with van der Waals surface area (Å²) in [6, 6.07) is -0.529. The normalized spacial score (nSPS) is 32.0. The van der Waals surface area contributed by atoms with Gasteiger partial charge in [0, 0.05) is 5.92 Å². The van der Waals surface area contributed by atoms with Gasteiger partial charge in [-0.3, -0.25) is 0 Å². The molecular weight excluding hydrogens is 160 g/mol. The molecule has 0 aromatic carbocycles. The Bertz CT molecular complexity index is 160. The van der Waals surface area contributed by atoms with Crippen molar-refractivity contribution in [3.05, 3.63) is 0 Å². The van der Waals surface area contributed by atoms with Gasteiger partial charge in [0.05, 0.1) is 6.04 Å². The fraction of sp³-hybridized carbons (Fsp3) is 1.00. The molecule has 1 saturated carbocycles. The summed E-state index contributed by atoms with van der Waals surface area (Å²) in [5.74, 6) is -2.74. The molecule has 0 spiro atoms. The molecule has 2 rings (SSSR count). The van der Waals surface area contributed by atoms with Gasteiger partial charge in [0.2, 0.25) is 0 Å². The number of hydrogen-bond acceptors (Lipinski definition) is 1. The zero-order valence-electron chi connectivity index (χ0n) is 7.15. The third-order valence-electron chi connectivity index (χ3n) is 2.90. The topological polar surface area (TPSA) is 12.0 Å². The molecule has 1 aliphatic heterocycles. The van der Waals surface area contributed by atoms with Crippen LogP contribution in [0.1, 0.15) is 32.1 Å². The fourth-order valence-corrected chi connectivity index (χ4v) is 1.93. The smallest absolute Gasteiger partial charge is 0.265 e. The SMILES string of the molecule is FC(F)(C1CC1)C1CCCCN1. The van der Waals surface area contributed by atoms with E-state index in [4.69, 9.17) is 0 Å². The van der Waals surface area contributed by atoms with E-state index in [1.807, 2.05) is 0 Å². The van der Waals surface area contributed by atoms with E-state index in [1.54, 1.807) is 0 Å². The van der Waals surface area contributed by atoms with Crippen LogP contribution in [0, 0.1) is 5.92 Å². The van der Waals surface area contributed by atoms with Crippen molar-refractivity contribution in [2.75, 3.05) is 6.54 Å². The van der Waals surface area contributed by atoms with E-state index < -0.39 is 12.0 Å². The first-order chi connectivity index (χ1) is 5.71. The first-order valence-electron chi connectivity index (χ1n) is 4.82. The number of piperidine rings is 1. The first-order valence-corrected chi connectivity index (χ1v) is 4.82. The van der Waals surface area contributed by atoms with Gasteiger partial charge in [0.25, 0.3) is 5.92 Å². The molecule has 1 aliphatic carbocycles. The van der Waals surface area contributed by atoms with Crippen molar-refractivity contribution in [2.45, 2.75) is 44.1 Å². The van der Waals surface area contributed by atoms with E-state index in [2.05, 4.69) is 5.32 Å². The maximum absolute atomic E-state index is 13.4. The Kier molecular flexibility index (Phi) is 2.07. The van der Waals surface area contributed by atoms with Gasteiger partial charge < -0.3 is 5.32 Å². The zero-order chi connectivity index (χ0) is 8.60. The van der Waals surface area contributed by atoms with Crippen LogP contribution in [0.15, 0.2) is 0 Å². The lowest BCUT2D eigenvalue weighted by Gasteiger charge is -2.31. The van der Waals surface area contributed by atoms with E-state index in [9.17, 15) is 8.78 Å². The summed E-state index contributed by atoms with van der Waals surface area (Å²) in [6.07, 6.45) is 4.12. The standard InChI is InChI=1S/C9H15F2N/c10-9(11,7-4-5-7)8-3-1-2-6-12-8/h7-8,12H,1-6H2. The van der Waals surface area contributed by atoms with Crippen LogP contribution in [0.25, 0.3) is 0 Å². The molecule has 1 unspecified atom stereocenters. The molecule has 1 heterocycles. The van der Waals surface area contributed by atoms with Crippen LogP contribution in [0.3, 0.4) is 0 Å². The molecule has 1 N–H and O–H groups in total. The maximum Gasteiger partial charge on any atom is 0.265 e. The highest BCUT2D eigenvalue weighted by Gasteiger charge is 2.52. The second kappa shape index (κ2) is 2.95. The Morgan fingerprint density at radius 1 is 1.08 bits per heavy atom. The van der Waals surface area contributed by atoms with E-state index in [0.717, 1.165) is 32.2 Å². The highest BCUT2D eigenvalue weighted by atomic mass is 19.3. The quantitative estimate of drug-likeness (QED) is 0.678. The summed E-state index contributed by atoms with van der Waals surface area (Å²) in [4.78, 5) is 0. The molecule has 12 heavy (non-hydrogen) atoms. The Balaban J connectivity index is 1.95. The first kappa shape index (κ1) is 8.42. The van der Waals surface area contributed by atoms with Crippen LogP contribution in [0.5, 0.6) is 0 Å². The average molecular weight is 175 g/mol. The zero-order valence-corrected chi connectivity index (χ0v) is 7.15.